The van der Waals surface area contributed by atoms with Crippen molar-refractivity contribution in [2.45, 2.75) is 37.4 Å². The molecule has 7 fully saturated rings. The van der Waals surface area contributed by atoms with Crippen LogP contribution in [0.25, 0.3) is 0 Å². The highest BCUT2D eigenvalue weighted by atomic mass is 32.1. The van der Waals surface area contributed by atoms with Gasteiger partial charge < -0.3 is 0 Å². The molecule has 0 heterocycles. The van der Waals surface area contributed by atoms with Crippen LogP contribution in [0.4, 0.5) is 0 Å². The highest BCUT2D eigenvalue weighted by Gasteiger charge is 3.11. The second kappa shape index (κ2) is 1.47. The van der Waals surface area contributed by atoms with Crippen LogP contribution in [0.2, 0.25) is 0 Å². The number of rotatable bonds is 0. The van der Waals surface area contributed by atoms with Crippen molar-refractivity contribution >= 4 is 12.6 Å². The van der Waals surface area contributed by atoms with Gasteiger partial charge in [-0.2, -0.15) is 12.6 Å². The van der Waals surface area contributed by atoms with E-state index in [9.17, 15) is 0 Å². The lowest BCUT2D eigenvalue weighted by atomic mass is 9.33. The molecule has 0 nitrogen and oxygen atoms in total. The summed E-state index contributed by atoms with van der Waals surface area (Å²) in [6, 6.07) is 0. The van der Waals surface area contributed by atoms with E-state index < -0.39 is 0 Å². The second-order valence-electron chi connectivity index (χ2n) is 8.52. The van der Waals surface area contributed by atoms with E-state index in [0.717, 1.165) is 34.0 Å². The fourth-order valence-electron chi connectivity index (χ4n) is 10.2. The second-order valence-corrected chi connectivity index (χ2v) is 9.32. The van der Waals surface area contributed by atoms with Gasteiger partial charge in [-0.1, -0.05) is 6.92 Å². The molecule has 10 atom stereocenters. The highest BCUT2D eigenvalue weighted by molar-refractivity contribution is 7.82. The molecule has 0 saturated heterocycles. The molecule has 7 aliphatic carbocycles. The van der Waals surface area contributed by atoms with Crippen LogP contribution in [-0.4, -0.2) is 4.75 Å². The van der Waals surface area contributed by atoms with E-state index in [4.69, 9.17) is 12.6 Å². The molecule has 2 bridgehead atoms. The fourth-order valence-corrected chi connectivity index (χ4v) is 11.2. The fraction of sp³-hybridized carbons (Fsp3) is 1.00. The molecule has 0 N–H and O–H groups in total. The van der Waals surface area contributed by atoms with E-state index in [2.05, 4.69) is 6.92 Å². The van der Waals surface area contributed by atoms with Crippen molar-refractivity contribution in [2.24, 2.45) is 51.8 Å². The summed E-state index contributed by atoms with van der Waals surface area (Å²) >= 11 is 5.16. The molecule has 16 heavy (non-hydrogen) atoms. The zero-order chi connectivity index (χ0) is 10.3. The SMILES string of the molecule is C[C@H]1C2C34CC[C@@H]5CC1(C53)C1C3(S)CC4C213. The molecule has 0 aliphatic heterocycles. The average molecular weight is 230 g/mol. The minimum absolute atomic E-state index is 0.579. The van der Waals surface area contributed by atoms with Crippen LogP contribution >= 0.6 is 12.6 Å². The van der Waals surface area contributed by atoms with E-state index >= 15 is 0 Å². The largest absolute Gasteiger partial charge is 0.172 e. The van der Waals surface area contributed by atoms with Gasteiger partial charge in [-0.25, -0.2) is 0 Å². The van der Waals surface area contributed by atoms with Crippen molar-refractivity contribution in [3.63, 3.8) is 0 Å². The molecule has 1 heteroatoms. The molecule has 0 amide bonds. The van der Waals surface area contributed by atoms with E-state index in [1.54, 1.807) is 19.3 Å². The zero-order valence-corrected chi connectivity index (χ0v) is 10.6. The molecule has 0 aromatic rings. The number of hydrogen-bond donors (Lipinski definition) is 1. The van der Waals surface area contributed by atoms with Gasteiger partial charge in [0, 0.05) is 4.75 Å². The van der Waals surface area contributed by atoms with Gasteiger partial charge in [-0.3, -0.25) is 0 Å². The summed E-state index contributed by atoms with van der Waals surface area (Å²) in [6.07, 6.45) is 6.38. The summed E-state index contributed by atoms with van der Waals surface area (Å²) in [7, 11) is 0. The first kappa shape index (κ1) is 7.71. The van der Waals surface area contributed by atoms with Crippen LogP contribution in [0.1, 0.15) is 32.6 Å². The maximum Gasteiger partial charge on any atom is 0.0238 e. The topological polar surface area (TPSA) is 0 Å². The van der Waals surface area contributed by atoms with Gasteiger partial charge in [0.15, 0.2) is 0 Å². The van der Waals surface area contributed by atoms with Crippen molar-refractivity contribution in [3.05, 3.63) is 0 Å². The van der Waals surface area contributed by atoms with E-state index in [1.165, 1.54) is 24.2 Å². The van der Waals surface area contributed by atoms with Crippen LogP contribution in [0.5, 0.6) is 0 Å². The third kappa shape index (κ3) is 0.306. The molecule has 7 saturated carbocycles. The van der Waals surface area contributed by atoms with Gasteiger partial charge in [0.05, 0.1) is 0 Å². The van der Waals surface area contributed by atoms with Gasteiger partial charge in [0.1, 0.15) is 0 Å². The van der Waals surface area contributed by atoms with Gasteiger partial charge >= 0.3 is 0 Å². The number of thiol groups is 1. The first-order chi connectivity index (χ1) is 7.67. The standard InChI is InChI=1S/C15H18S/c1-6-9-12-3-2-7-4-13(6,10(7)12)11-14(16)5-8(12)15(9,11)14/h6-11,16H,2-5H2,1H3/t6-,7+,8?,9?,10?,11?,12?,13?,14?,15?/m0/s1. The van der Waals surface area contributed by atoms with E-state index in [-0.39, 0.29) is 0 Å². The van der Waals surface area contributed by atoms with Crippen molar-refractivity contribution in [3.8, 4) is 0 Å². The lowest BCUT2D eigenvalue weighted by Crippen LogP contribution is -2.68. The minimum Gasteiger partial charge on any atom is -0.172 e. The Morgan fingerprint density at radius 3 is 2.88 bits per heavy atom. The van der Waals surface area contributed by atoms with Crippen molar-refractivity contribution in [1.29, 1.82) is 0 Å². The first-order valence-electron chi connectivity index (χ1n) is 7.39. The third-order valence-electron chi connectivity index (χ3n) is 9.53. The summed E-state index contributed by atoms with van der Waals surface area (Å²) in [5, 5.41) is 0. The van der Waals surface area contributed by atoms with Crippen LogP contribution < -0.4 is 0 Å². The molecule has 0 aromatic carbocycles. The molecule has 8 unspecified atom stereocenters. The molecule has 0 aromatic heterocycles. The third-order valence-corrected chi connectivity index (χ3v) is 10.4. The Bertz CT molecular complexity index is 514. The van der Waals surface area contributed by atoms with Crippen molar-refractivity contribution < 1.29 is 0 Å². The Morgan fingerprint density at radius 2 is 2.00 bits per heavy atom. The van der Waals surface area contributed by atoms with E-state index in [1.807, 2.05) is 0 Å². The lowest BCUT2D eigenvalue weighted by Gasteiger charge is -2.71. The maximum atomic E-state index is 5.16. The zero-order valence-electron chi connectivity index (χ0n) is 9.74. The molecular weight excluding hydrogens is 212 g/mol. The molecular formula is C15H18S. The predicted molar refractivity (Wildman–Crippen MR) is 64.1 cm³/mol. The monoisotopic (exact) mass is 230 g/mol. The minimum atomic E-state index is 0.579. The summed E-state index contributed by atoms with van der Waals surface area (Å²) in [5.74, 6) is 6.88. The van der Waals surface area contributed by atoms with Gasteiger partial charge in [-0.15, -0.1) is 0 Å². The van der Waals surface area contributed by atoms with Crippen LogP contribution in [0.15, 0.2) is 0 Å². The van der Waals surface area contributed by atoms with Gasteiger partial charge in [0.2, 0.25) is 0 Å². The van der Waals surface area contributed by atoms with Crippen molar-refractivity contribution in [2.75, 3.05) is 0 Å². The van der Waals surface area contributed by atoms with E-state index in [0.29, 0.717) is 4.75 Å². The Balaban J connectivity index is 1.65. The van der Waals surface area contributed by atoms with Crippen LogP contribution in [0.3, 0.4) is 0 Å². The highest BCUT2D eigenvalue weighted by Crippen LogP contribution is 3.13. The summed E-state index contributed by atoms with van der Waals surface area (Å²) < 4.78 is 0.579. The molecule has 7 rings (SSSR count). The van der Waals surface area contributed by atoms with Gasteiger partial charge in [-0.05, 0) is 77.4 Å². The molecule has 84 valence electrons. The Labute approximate surface area is 102 Å². The quantitative estimate of drug-likeness (QED) is 0.608. The Kier molecular flexibility index (Phi) is 0.709. The van der Waals surface area contributed by atoms with Crippen LogP contribution in [0, 0.1) is 51.8 Å². The summed E-state index contributed by atoms with van der Waals surface area (Å²) in [5.41, 5.74) is 2.59. The van der Waals surface area contributed by atoms with Crippen molar-refractivity contribution in [1.82, 2.24) is 0 Å². The van der Waals surface area contributed by atoms with Gasteiger partial charge in [0.25, 0.3) is 0 Å². The van der Waals surface area contributed by atoms with Crippen LogP contribution in [-0.2, 0) is 0 Å². The lowest BCUT2D eigenvalue weighted by molar-refractivity contribution is -0.232. The molecule has 3 spiro atoms. The smallest absolute Gasteiger partial charge is 0.0238 e. The maximum absolute atomic E-state index is 5.16. The average Bonchev–Trinajstić information content (AvgIpc) is 2.55. The Hall–Kier alpha value is 0.350. The molecule has 7 aliphatic rings. The number of hydrogen-bond acceptors (Lipinski definition) is 1. The summed E-state index contributed by atoms with van der Waals surface area (Å²) in [6.45, 7) is 2.63. The predicted octanol–water partition coefficient (Wildman–Crippen LogP) is 2.99. The number of fused-ring (bicyclic) bond motifs is 1. The normalized spacial score (nSPS) is 94.9. The molecule has 0 radical (unpaired) electrons. The first-order valence-corrected chi connectivity index (χ1v) is 7.84. The Morgan fingerprint density at radius 1 is 1.12 bits per heavy atom. The summed E-state index contributed by atoms with van der Waals surface area (Å²) in [4.78, 5) is 0.